The summed E-state index contributed by atoms with van der Waals surface area (Å²) >= 11 is 16.9. The van der Waals surface area contributed by atoms with Gasteiger partial charge < -0.3 is 0 Å². The normalized spacial score (nSPS) is 12.5. The van der Waals surface area contributed by atoms with E-state index in [1.54, 1.807) is 0 Å². The van der Waals surface area contributed by atoms with Crippen molar-refractivity contribution in [3.05, 3.63) is 67.0 Å². The van der Waals surface area contributed by atoms with E-state index in [2.05, 4.69) is 47.8 Å². The van der Waals surface area contributed by atoms with Crippen molar-refractivity contribution in [2.45, 2.75) is 5.38 Å². The average Bonchev–Trinajstić information content (AvgIpc) is 2.32. The maximum atomic E-state index is 6.50. The molecule has 0 aromatic heterocycles. The van der Waals surface area contributed by atoms with Crippen molar-refractivity contribution in [2.24, 2.45) is 0 Å². The van der Waals surface area contributed by atoms with Gasteiger partial charge in [0.1, 0.15) is 0 Å². The van der Waals surface area contributed by atoms with Crippen LogP contribution in [0.15, 0.2) is 55.9 Å². The van der Waals surface area contributed by atoms with Crippen LogP contribution in [0.3, 0.4) is 0 Å². The summed E-state index contributed by atoms with van der Waals surface area (Å²) in [5, 5.41) is -0.157. The van der Waals surface area contributed by atoms with Crippen molar-refractivity contribution in [3.63, 3.8) is 0 Å². The third kappa shape index (κ3) is 3.34. The summed E-state index contributed by atoms with van der Waals surface area (Å²) in [6.45, 7) is 0. The molecule has 0 saturated heterocycles. The Labute approximate surface area is 131 Å². The Morgan fingerprint density at radius 3 is 2.06 bits per heavy atom. The topological polar surface area (TPSA) is 0 Å². The molecule has 1 atom stereocenters. The Morgan fingerprint density at radius 2 is 1.41 bits per heavy atom. The van der Waals surface area contributed by atoms with Crippen molar-refractivity contribution in [3.8, 4) is 0 Å². The summed E-state index contributed by atoms with van der Waals surface area (Å²) < 4.78 is 3.10. The number of hydrogen-bond donors (Lipinski definition) is 0. The molecule has 17 heavy (non-hydrogen) atoms. The summed E-state index contributed by atoms with van der Waals surface area (Å²) in [6, 6.07) is 14.0. The van der Waals surface area contributed by atoms with Crippen LogP contribution in [0.2, 0.25) is 0 Å². The number of halogens is 4. The predicted molar refractivity (Wildman–Crippen MR) is 83.7 cm³/mol. The van der Waals surface area contributed by atoms with E-state index in [1.807, 2.05) is 42.5 Å². The van der Waals surface area contributed by atoms with Crippen LogP contribution in [0.1, 0.15) is 16.5 Å². The molecule has 0 aliphatic carbocycles. The number of alkyl halides is 1. The zero-order valence-electron chi connectivity index (χ0n) is 8.63. The lowest BCUT2D eigenvalue weighted by atomic mass is 10.0. The van der Waals surface area contributed by atoms with Crippen LogP contribution >= 0.6 is 59.4 Å². The van der Waals surface area contributed by atoms with E-state index in [4.69, 9.17) is 11.6 Å². The van der Waals surface area contributed by atoms with Gasteiger partial charge in [-0.05, 0) is 41.5 Å². The first-order chi connectivity index (χ1) is 8.08. The molecule has 0 aliphatic heterocycles. The van der Waals surface area contributed by atoms with E-state index >= 15 is 0 Å². The maximum Gasteiger partial charge on any atom is 0.0846 e. The van der Waals surface area contributed by atoms with Gasteiger partial charge in [0.2, 0.25) is 0 Å². The van der Waals surface area contributed by atoms with Crippen molar-refractivity contribution in [2.75, 3.05) is 0 Å². The molecule has 0 radical (unpaired) electrons. The van der Waals surface area contributed by atoms with E-state index in [0.717, 1.165) is 24.5 Å². The molecule has 0 bridgehead atoms. The standard InChI is InChI=1S/C13H8Br3Cl/c14-9-3-1-8(2-4-9)13(17)11-7-10(15)5-6-12(11)16/h1-7,13H. The van der Waals surface area contributed by atoms with E-state index in [1.165, 1.54) is 0 Å². The first-order valence-electron chi connectivity index (χ1n) is 4.92. The summed E-state index contributed by atoms with van der Waals surface area (Å²) in [5.74, 6) is 0. The van der Waals surface area contributed by atoms with Gasteiger partial charge in [-0.25, -0.2) is 0 Å². The fourth-order valence-electron chi connectivity index (χ4n) is 1.52. The second-order valence-electron chi connectivity index (χ2n) is 3.58. The zero-order valence-corrected chi connectivity index (χ0v) is 14.1. The lowest BCUT2D eigenvalue weighted by Crippen LogP contribution is -1.94. The first-order valence-corrected chi connectivity index (χ1v) is 7.74. The molecule has 0 fully saturated rings. The molecule has 0 amide bonds. The van der Waals surface area contributed by atoms with Crippen LogP contribution in [0.25, 0.3) is 0 Å². The largest absolute Gasteiger partial charge is 0.113 e. The fourth-order valence-corrected chi connectivity index (χ4v) is 3.10. The highest BCUT2D eigenvalue weighted by molar-refractivity contribution is 9.11. The second-order valence-corrected chi connectivity index (χ2v) is 6.70. The second kappa shape index (κ2) is 5.87. The van der Waals surface area contributed by atoms with Crippen molar-refractivity contribution < 1.29 is 0 Å². The van der Waals surface area contributed by atoms with E-state index < -0.39 is 0 Å². The highest BCUT2D eigenvalue weighted by atomic mass is 79.9. The Kier molecular flexibility index (Phi) is 4.70. The van der Waals surface area contributed by atoms with Crippen molar-refractivity contribution in [1.29, 1.82) is 0 Å². The Morgan fingerprint density at radius 1 is 0.824 bits per heavy atom. The zero-order chi connectivity index (χ0) is 12.4. The van der Waals surface area contributed by atoms with Crippen molar-refractivity contribution in [1.82, 2.24) is 0 Å². The first kappa shape index (κ1) is 13.6. The summed E-state index contributed by atoms with van der Waals surface area (Å²) in [7, 11) is 0. The van der Waals surface area contributed by atoms with Gasteiger partial charge in [-0.15, -0.1) is 11.6 Å². The molecule has 0 nitrogen and oxygen atoms in total. The van der Waals surface area contributed by atoms with Gasteiger partial charge in [0, 0.05) is 13.4 Å². The van der Waals surface area contributed by atoms with Gasteiger partial charge in [0.25, 0.3) is 0 Å². The quantitative estimate of drug-likeness (QED) is 0.482. The van der Waals surface area contributed by atoms with Crippen LogP contribution in [0.4, 0.5) is 0 Å². The minimum atomic E-state index is -0.157. The average molecular weight is 439 g/mol. The predicted octanol–water partition coefficient (Wildman–Crippen LogP) is 6.30. The van der Waals surface area contributed by atoms with Gasteiger partial charge in [-0.1, -0.05) is 59.9 Å². The molecule has 2 aromatic rings. The van der Waals surface area contributed by atoms with Crippen LogP contribution < -0.4 is 0 Å². The molecule has 0 heterocycles. The molecular weight excluding hydrogens is 431 g/mol. The van der Waals surface area contributed by atoms with E-state index in [9.17, 15) is 0 Å². The molecule has 2 rings (SSSR count). The lowest BCUT2D eigenvalue weighted by Gasteiger charge is -2.13. The van der Waals surface area contributed by atoms with Gasteiger partial charge in [0.15, 0.2) is 0 Å². The molecular formula is C13H8Br3Cl. The van der Waals surface area contributed by atoms with E-state index in [0.29, 0.717) is 0 Å². The molecule has 4 heteroatoms. The van der Waals surface area contributed by atoms with Gasteiger partial charge in [-0.3, -0.25) is 0 Å². The highest BCUT2D eigenvalue weighted by Crippen LogP contribution is 2.35. The monoisotopic (exact) mass is 436 g/mol. The van der Waals surface area contributed by atoms with E-state index in [-0.39, 0.29) is 5.38 Å². The van der Waals surface area contributed by atoms with Gasteiger partial charge >= 0.3 is 0 Å². The number of benzene rings is 2. The minimum absolute atomic E-state index is 0.157. The molecule has 0 aliphatic rings. The SMILES string of the molecule is ClC(c1ccc(Br)cc1)c1cc(Br)ccc1Br. The Bertz CT molecular complexity index is 523. The third-order valence-corrected chi connectivity index (χ3v) is 4.62. The Hall–Kier alpha value is 0.170. The molecule has 0 spiro atoms. The van der Waals surface area contributed by atoms with Crippen LogP contribution in [-0.4, -0.2) is 0 Å². The van der Waals surface area contributed by atoms with Crippen LogP contribution in [0, 0.1) is 0 Å². The molecule has 2 aromatic carbocycles. The van der Waals surface area contributed by atoms with Crippen LogP contribution in [0.5, 0.6) is 0 Å². The molecule has 88 valence electrons. The molecule has 0 saturated carbocycles. The summed E-state index contributed by atoms with van der Waals surface area (Å²) in [4.78, 5) is 0. The molecule has 0 N–H and O–H groups in total. The number of hydrogen-bond acceptors (Lipinski definition) is 0. The lowest BCUT2D eigenvalue weighted by molar-refractivity contribution is 1.12. The van der Waals surface area contributed by atoms with Crippen LogP contribution in [-0.2, 0) is 0 Å². The maximum absolute atomic E-state index is 6.50. The van der Waals surface area contributed by atoms with Gasteiger partial charge in [-0.2, -0.15) is 0 Å². The fraction of sp³-hybridized carbons (Fsp3) is 0.0769. The molecule has 1 unspecified atom stereocenters. The summed E-state index contributed by atoms with van der Waals surface area (Å²) in [6.07, 6.45) is 0. The van der Waals surface area contributed by atoms with Gasteiger partial charge in [0.05, 0.1) is 5.38 Å². The Balaban J connectivity index is 2.39. The van der Waals surface area contributed by atoms with Crippen molar-refractivity contribution >= 4 is 59.4 Å². The smallest absolute Gasteiger partial charge is 0.0846 e. The minimum Gasteiger partial charge on any atom is -0.113 e. The highest BCUT2D eigenvalue weighted by Gasteiger charge is 2.14. The number of rotatable bonds is 2. The third-order valence-electron chi connectivity index (χ3n) is 2.39. The summed E-state index contributed by atoms with van der Waals surface area (Å²) in [5.41, 5.74) is 2.14.